The number of amides is 1. The lowest BCUT2D eigenvalue weighted by molar-refractivity contribution is 0.0929. The highest BCUT2D eigenvalue weighted by Gasteiger charge is 2.14. The molecule has 4 heteroatoms. The zero-order chi connectivity index (χ0) is 14.4. The summed E-state index contributed by atoms with van der Waals surface area (Å²) in [7, 11) is 0. The Morgan fingerprint density at radius 1 is 1.37 bits per heavy atom. The Bertz CT molecular complexity index is 427. The van der Waals surface area contributed by atoms with Gasteiger partial charge in [-0.1, -0.05) is 19.9 Å². The molecule has 1 amide bonds. The predicted octanol–water partition coefficient (Wildman–Crippen LogP) is 2.04. The summed E-state index contributed by atoms with van der Waals surface area (Å²) in [5.74, 6) is -0.0514. The van der Waals surface area contributed by atoms with E-state index in [4.69, 9.17) is 5.73 Å². The lowest BCUT2D eigenvalue weighted by Crippen LogP contribution is -2.42. The van der Waals surface area contributed by atoms with Crippen LogP contribution in [0.15, 0.2) is 18.2 Å². The Morgan fingerprint density at radius 3 is 2.58 bits per heavy atom. The summed E-state index contributed by atoms with van der Waals surface area (Å²) in [6.45, 7) is 11.0. The molecule has 0 bridgehead atoms. The van der Waals surface area contributed by atoms with Crippen molar-refractivity contribution in [3.05, 3.63) is 29.3 Å². The van der Waals surface area contributed by atoms with Crippen molar-refractivity contribution >= 4 is 11.6 Å². The van der Waals surface area contributed by atoms with E-state index in [1.165, 1.54) is 0 Å². The first kappa shape index (κ1) is 15.5. The molecule has 1 unspecified atom stereocenters. The highest BCUT2D eigenvalue weighted by molar-refractivity contribution is 5.96. The van der Waals surface area contributed by atoms with Gasteiger partial charge in [0.05, 0.1) is 0 Å². The Kier molecular flexibility index (Phi) is 5.83. The van der Waals surface area contributed by atoms with Crippen molar-refractivity contribution in [2.24, 2.45) is 0 Å². The smallest absolute Gasteiger partial charge is 0.251 e. The zero-order valence-electron chi connectivity index (χ0n) is 12.4. The fourth-order valence-corrected chi connectivity index (χ4v) is 2.10. The third-order valence-electron chi connectivity index (χ3n) is 3.31. The van der Waals surface area contributed by atoms with Crippen molar-refractivity contribution in [3.8, 4) is 0 Å². The molecular weight excluding hydrogens is 238 g/mol. The topological polar surface area (TPSA) is 58.4 Å². The van der Waals surface area contributed by atoms with Crippen molar-refractivity contribution in [2.45, 2.75) is 33.7 Å². The molecule has 0 spiro atoms. The number of anilines is 1. The van der Waals surface area contributed by atoms with Gasteiger partial charge < -0.3 is 16.0 Å². The summed E-state index contributed by atoms with van der Waals surface area (Å²) in [6.07, 6.45) is 0. The molecule has 19 heavy (non-hydrogen) atoms. The second kappa shape index (κ2) is 7.14. The van der Waals surface area contributed by atoms with Crippen LogP contribution in [0.5, 0.6) is 0 Å². The van der Waals surface area contributed by atoms with Gasteiger partial charge in [0.2, 0.25) is 0 Å². The molecule has 3 N–H and O–H groups in total. The molecule has 1 rings (SSSR count). The maximum absolute atomic E-state index is 12.2. The first-order valence-corrected chi connectivity index (χ1v) is 6.87. The van der Waals surface area contributed by atoms with Gasteiger partial charge in [-0.05, 0) is 44.6 Å². The van der Waals surface area contributed by atoms with Gasteiger partial charge in [-0.25, -0.2) is 0 Å². The van der Waals surface area contributed by atoms with Crippen LogP contribution in [-0.2, 0) is 0 Å². The molecule has 4 nitrogen and oxygen atoms in total. The molecule has 0 aromatic heterocycles. The Balaban J connectivity index is 2.66. The van der Waals surface area contributed by atoms with E-state index >= 15 is 0 Å². The summed E-state index contributed by atoms with van der Waals surface area (Å²) >= 11 is 0. The number of aryl methyl sites for hydroxylation is 1. The first-order valence-electron chi connectivity index (χ1n) is 6.87. The molecule has 0 radical (unpaired) electrons. The number of hydrogen-bond donors (Lipinski definition) is 2. The normalized spacial score (nSPS) is 12.5. The number of likely N-dealkylation sites (N-methyl/N-ethyl adjacent to an activating group) is 1. The van der Waals surface area contributed by atoms with E-state index in [0.717, 1.165) is 25.2 Å². The van der Waals surface area contributed by atoms with E-state index in [2.05, 4.69) is 24.1 Å². The molecule has 0 saturated carbocycles. The van der Waals surface area contributed by atoms with Gasteiger partial charge in [0.1, 0.15) is 0 Å². The minimum Gasteiger partial charge on any atom is -0.399 e. The van der Waals surface area contributed by atoms with Crippen LogP contribution in [-0.4, -0.2) is 36.5 Å². The Morgan fingerprint density at radius 2 is 2.00 bits per heavy atom. The number of nitrogens with two attached hydrogens (primary N) is 1. The lowest BCUT2D eigenvalue weighted by Gasteiger charge is -2.23. The number of nitrogens with zero attached hydrogens (tertiary/aromatic N) is 1. The predicted molar refractivity (Wildman–Crippen MR) is 80.3 cm³/mol. The largest absolute Gasteiger partial charge is 0.399 e. The molecule has 1 aromatic carbocycles. The third-order valence-corrected chi connectivity index (χ3v) is 3.31. The van der Waals surface area contributed by atoms with E-state index in [-0.39, 0.29) is 11.9 Å². The quantitative estimate of drug-likeness (QED) is 0.772. The third kappa shape index (κ3) is 4.56. The summed E-state index contributed by atoms with van der Waals surface area (Å²) in [4.78, 5) is 14.5. The minimum absolute atomic E-state index is 0.0514. The summed E-state index contributed by atoms with van der Waals surface area (Å²) in [5.41, 5.74) is 7.95. The van der Waals surface area contributed by atoms with Crippen molar-refractivity contribution in [2.75, 3.05) is 25.4 Å². The SMILES string of the molecule is CCN(CC)CC(C)NC(=O)c1cc(N)ccc1C. The van der Waals surface area contributed by atoms with Gasteiger partial charge in [-0.2, -0.15) is 0 Å². The van der Waals surface area contributed by atoms with E-state index in [9.17, 15) is 4.79 Å². The van der Waals surface area contributed by atoms with Gasteiger partial charge in [0, 0.05) is 23.8 Å². The molecule has 0 saturated heterocycles. The van der Waals surface area contributed by atoms with Gasteiger partial charge in [0.25, 0.3) is 5.91 Å². The Labute approximate surface area is 116 Å². The van der Waals surface area contributed by atoms with Crippen LogP contribution in [0.3, 0.4) is 0 Å². The molecule has 1 atom stereocenters. The number of benzene rings is 1. The van der Waals surface area contributed by atoms with Gasteiger partial charge >= 0.3 is 0 Å². The maximum Gasteiger partial charge on any atom is 0.251 e. The van der Waals surface area contributed by atoms with Crippen LogP contribution in [0.25, 0.3) is 0 Å². The van der Waals surface area contributed by atoms with E-state index in [0.29, 0.717) is 11.3 Å². The van der Waals surface area contributed by atoms with Crippen molar-refractivity contribution in [3.63, 3.8) is 0 Å². The van der Waals surface area contributed by atoms with Crippen molar-refractivity contribution in [1.29, 1.82) is 0 Å². The summed E-state index contributed by atoms with van der Waals surface area (Å²) in [6, 6.07) is 5.53. The van der Waals surface area contributed by atoms with Crippen LogP contribution in [0.2, 0.25) is 0 Å². The number of carbonyl (C=O) groups excluding carboxylic acids is 1. The summed E-state index contributed by atoms with van der Waals surface area (Å²) < 4.78 is 0. The number of carbonyl (C=O) groups is 1. The number of hydrogen-bond acceptors (Lipinski definition) is 3. The van der Waals surface area contributed by atoms with Crippen LogP contribution in [0, 0.1) is 6.92 Å². The lowest BCUT2D eigenvalue weighted by atomic mass is 10.1. The van der Waals surface area contributed by atoms with Crippen LogP contribution in [0.1, 0.15) is 36.7 Å². The van der Waals surface area contributed by atoms with Crippen LogP contribution >= 0.6 is 0 Å². The van der Waals surface area contributed by atoms with Crippen molar-refractivity contribution in [1.82, 2.24) is 10.2 Å². The van der Waals surface area contributed by atoms with Gasteiger partial charge in [0.15, 0.2) is 0 Å². The fourth-order valence-electron chi connectivity index (χ4n) is 2.10. The van der Waals surface area contributed by atoms with E-state index < -0.39 is 0 Å². The van der Waals surface area contributed by atoms with E-state index in [1.54, 1.807) is 6.07 Å². The first-order chi connectivity index (χ1) is 8.97. The maximum atomic E-state index is 12.2. The van der Waals surface area contributed by atoms with E-state index in [1.807, 2.05) is 26.0 Å². The molecule has 106 valence electrons. The standard InChI is InChI=1S/C15H25N3O/c1-5-18(6-2)10-12(4)17-15(19)14-9-13(16)8-7-11(14)3/h7-9,12H,5-6,10,16H2,1-4H3,(H,17,19). The average molecular weight is 263 g/mol. The highest BCUT2D eigenvalue weighted by Crippen LogP contribution is 2.12. The molecule has 0 aliphatic carbocycles. The monoisotopic (exact) mass is 263 g/mol. The molecular formula is C15H25N3O. The zero-order valence-corrected chi connectivity index (χ0v) is 12.4. The Hall–Kier alpha value is -1.55. The second-order valence-corrected chi connectivity index (χ2v) is 4.93. The summed E-state index contributed by atoms with van der Waals surface area (Å²) in [5, 5.41) is 3.03. The number of rotatable bonds is 6. The molecule has 0 heterocycles. The molecule has 0 aliphatic heterocycles. The average Bonchev–Trinajstić information content (AvgIpc) is 2.38. The number of nitrogen functional groups attached to an aromatic ring is 1. The van der Waals surface area contributed by atoms with Gasteiger partial charge in [-0.15, -0.1) is 0 Å². The van der Waals surface area contributed by atoms with Crippen LogP contribution in [0.4, 0.5) is 5.69 Å². The van der Waals surface area contributed by atoms with Crippen molar-refractivity contribution < 1.29 is 4.79 Å². The molecule has 1 aromatic rings. The van der Waals surface area contributed by atoms with Crippen LogP contribution < -0.4 is 11.1 Å². The highest BCUT2D eigenvalue weighted by atomic mass is 16.1. The molecule has 0 aliphatic rings. The second-order valence-electron chi connectivity index (χ2n) is 4.93. The molecule has 0 fully saturated rings. The van der Waals surface area contributed by atoms with Gasteiger partial charge in [-0.3, -0.25) is 4.79 Å². The number of nitrogens with one attached hydrogen (secondary N) is 1. The minimum atomic E-state index is -0.0514. The fraction of sp³-hybridized carbons (Fsp3) is 0.533.